The summed E-state index contributed by atoms with van der Waals surface area (Å²) < 4.78 is 3.90. The minimum atomic E-state index is -1.05. The standard InChI is InChI=1S/C9H14N4O3S2/c1-5-10-9(18-13-5)12-8(16)11-6(7(14)15)3-4-17-2/h6H,3-4H2,1-2H3,(H,14,15)(H2,10,11,12,13,16)/t6-/m1/s1. The molecule has 0 aliphatic rings. The number of carbonyl (C=O) groups excluding carboxylic acids is 1. The fourth-order valence-corrected chi connectivity index (χ4v) is 2.17. The van der Waals surface area contributed by atoms with Crippen molar-refractivity contribution in [3.63, 3.8) is 0 Å². The molecule has 0 bridgehead atoms. The number of carbonyl (C=O) groups is 2. The molecule has 0 saturated carbocycles. The summed E-state index contributed by atoms with van der Waals surface area (Å²) in [5, 5.41) is 14.1. The maximum atomic E-state index is 11.5. The summed E-state index contributed by atoms with van der Waals surface area (Å²) >= 11 is 2.57. The van der Waals surface area contributed by atoms with Crippen molar-refractivity contribution in [3.05, 3.63) is 5.82 Å². The third kappa shape index (κ3) is 4.88. The number of carboxylic acids is 1. The Bertz CT molecular complexity index is 424. The van der Waals surface area contributed by atoms with Gasteiger partial charge in [-0.15, -0.1) is 0 Å². The number of carboxylic acid groups (broad SMARTS) is 1. The predicted octanol–water partition coefficient (Wildman–Crippen LogP) is 1.17. The van der Waals surface area contributed by atoms with Crippen LogP contribution in [-0.4, -0.2) is 44.5 Å². The molecule has 2 amide bonds. The van der Waals surface area contributed by atoms with E-state index in [-0.39, 0.29) is 0 Å². The second-order valence-corrected chi connectivity index (χ2v) is 5.15. The van der Waals surface area contributed by atoms with Crippen LogP contribution in [0.2, 0.25) is 0 Å². The van der Waals surface area contributed by atoms with E-state index >= 15 is 0 Å². The van der Waals surface area contributed by atoms with Crippen LogP contribution in [0.15, 0.2) is 0 Å². The molecule has 1 aromatic rings. The lowest BCUT2D eigenvalue weighted by atomic mass is 10.2. The van der Waals surface area contributed by atoms with E-state index in [2.05, 4.69) is 20.0 Å². The summed E-state index contributed by atoms with van der Waals surface area (Å²) in [6, 6.07) is -1.48. The molecule has 0 saturated heterocycles. The zero-order chi connectivity index (χ0) is 13.5. The van der Waals surface area contributed by atoms with Gasteiger partial charge in [-0.3, -0.25) is 5.32 Å². The Kier molecular flexibility index (Phi) is 5.86. The van der Waals surface area contributed by atoms with Gasteiger partial charge in [-0.1, -0.05) is 0 Å². The van der Waals surface area contributed by atoms with E-state index in [1.807, 2.05) is 6.26 Å². The van der Waals surface area contributed by atoms with Gasteiger partial charge in [-0.2, -0.15) is 16.1 Å². The predicted molar refractivity (Wildman–Crippen MR) is 71.2 cm³/mol. The fourth-order valence-electron chi connectivity index (χ4n) is 1.13. The highest BCUT2D eigenvalue weighted by atomic mass is 32.2. The first kappa shape index (κ1) is 14.7. The van der Waals surface area contributed by atoms with Crippen molar-refractivity contribution in [2.45, 2.75) is 19.4 Å². The first-order valence-corrected chi connectivity index (χ1v) is 7.29. The van der Waals surface area contributed by atoms with E-state index in [0.29, 0.717) is 23.1 Å². The van der Waals surface area contributed by atoms with Gasteiger partial charge in [0.15, 0.2) is 0 Å². The van der Waals surface area contributed by atoms with Crippen LogP contribution in [0.1, 0.15) is 12.2 Å². The number of thioether (sulfide) groups is 1. The van der Waals surface area contributed by atoms with Crippen LogP contribution in [-0.2, 0) is 4.79 Å². The highest BCUT2D eigenvalue weighted by Gasteiger charge is 2.19. The van der Waals surface area contributed by atoms with E-state index in [0.717, 1.165) is 11.5 Å². The van der Waals surface area contributed by atoms with Gasteiger partial charge in [0, 0.05) is 11.5 Å². The fraction of sp³-hybridized carbons (Fsp3) is 0.556. The van der Waals surface area contributed by atoms with Crippen LogP contribution in [0.25, 0.3) is 0 Å². The van der Waals surface area contributed by atoms with Crippen LogP contribution in [0.4, 0.5) is 9.93 Å². The molecule has 9 heteroatoms. The molecule has 1 atom stereocenters. The number of hydrogen-bond donors (Lipinski definition) is 3. The van der Waals surface area contributed by atoms with E-state index < -0.39 is 18.0 Å². The van der Waals surface area contributed by atoms with E-state index in [1.54, 1.807) is 6.92 Å². The first-order chi connectivity index (χ1) is 8.52. The number of nitrogens with one attached hydrogen (secondary N) is 2. The van der Waals surface area contributed by atoms with Gasteiger partial charge in [0.2, 0.25) is 5.13 Å². The van der Waals surface area contributed by atoms with E-state index in [1.165, 1.54) is 11.8 Å². The van der Waals surface area contributed by atoms with Gasteiger partial charge in [-0.25, -0.2) is 14.6 Å². The van der Waals surface area contributed by atoms with E-state index in [4.69, 9.17) is 5.11 Å². The molecule has 0 aliphatic heterocycles. The molecule has 1 aromatic heterocycles. The number of anilines is 1. The maximum Gasteiger partial charge on any atom is 0.326 e. The van der Waals surface area contributed by atoms with Crippen molar-refractivity contribution in [1.29, 1.82) is 0 Å². The molecule has 0 aromatic carbocycles. The van der Waals surface area contributed by atoms with Crippen molar-refractivity contribution in [2.24, 2.45) is 0 Å². The molecule has 0 aliphatic carbocycles. The molecule has 0 spiro atoms. The molecule has 100 valence electrons. The third-order valence-corrected chi connectivity index (χ3v) is 3.33. The summed E-state index contributed by atoms with van der Waals surface area (Å²) in [4.78, 5) is 26.4. The first-order valence-electron chi connectivity index (χ1n) is 5.12. The van der Waals surface area contributed by atoms with Crippen LogP contribution in [0.3, 0.4) is 0 Å². The average Bonchev–Trinajstić information content (AvgIpc) is 2.69. The minimum absolute atomic E-state index is 0.346. The topological polar surface area (TPSA) is 104 Å². The molecule has 1 heterocycles. The molecule has 0 radical (unpaired) electrons. The number of aryl methyl sites for hydroxylation is 1. The summed E-state index contributed by atoms with van der Waals surface area (Å²) in [7, 11) is 0. The lowest BCUT2D eigenvalue weighted by Gasteiger charge is -2.13. The van der Waals surface area contributed by atoms with Crippen LogP contribution in [0.5, 0.6) is 0 Å². The normalized spacial score (nSPS) is 11.9. The zero-order valence-electron chi connectivity index (χ0n) is 9.97. The quantitative estimate of drug-likeness (QED) is 0.726. The summed E-state index contributed by atoms with van der Waals surface area (Å²) in [6.45, 7) is 1.71. The summed E-state index contributed by atoms with van der Waals surface area (Å²) in [5.41, 5.74) is 0. The van der Waals surface area contributed by atoms with Gasteiger partial charge in [-0.05, 0) is 25.4 Å². The summed E-state index contributed by atoms with van der Waals surface area (Å²) in [5.74, 6) is 0.176. The number of urea groups is 1. The number of amides is 2. The highest BCUT2D eigenvalue weighted by Crippen LogP contribution is 2.09. The van der Waals surface area contributed by atoms with Crippen molar-refractivity contribution in [1.82, 2.24) is 14.7 Å². The second kappa shape index (κ2) is 7.17. The number of nitrogens with zero attached hydrogens (tertiary/aromatic N) is 2. The number of rotatable bonds is 6. The van der Waals surface area contributed by atoms with E-state index in [9.17, 15) is 9.59 Å². The van der Waals surface area contributed by atoms with Gasteiger partial charge in [0.1, 0.15) is 11.9 Å². The van der Waals surface area contributed by atoms with Crippen LogP contribution >= 0.6 is 23.3 Å². The molecule has 7 nitrogen and oxygen atoms in total. The molecule has 3 N–H and O–H groups in total. The number of hydrogen-bond acceptors (Lipinski definition) is 6. The second-order valence-electron chi connectivity index (χ2n) is 3.42. The molecular weight excluding hydrogens is 276 g/mol. The Morgan fingerprint density at radius 2 is 2.28 bits per heavy atom. The monoisotopic (exact) mass is 290 g/mol. The largest absolute Gasteiger partial charge is 0.480 e. The van der Waals surface area contributed by atoms with Crippen molar-refractivity contribution in [2.75, 3.05) is 17.3 Å². The molecule has 18 heavy (non-hydrogen) atoms. The van der Waals surface area contributed by atoms with Crippen molar-refractivity contribution < 1.29 is 14.7 Å². The Hall–Kier alpha value is -1.35. The van der Waals surface area contributed by atoms with Crippen molar-refractivity contribution >= 4 is 40.4 Å². The average molecular weight is 290 g/mol. The van der Waals surface area contributed by atoms with Gasteiger partial charge >= 0.3 is 12.0 Å². The molecular formula is C9H14N4O3S2. The summed E-state index contributed by atoms with van der Waals surface area (Å²) in [6.07, 6.45) is 2.25. The maximum absolute atomic E-state index is 11.5. The van der Waals surface area contributed by atoms with Crippen molar-refractivity contribution in [3.8, 4) is 0 Å². The van der Waals surface area contributed by atoms with Gasteiger partial charge < -0.3 is 10.4 Å². The lowest BCUT2D eigenvalue weighted by Crippen LogP contribution is -2.43. The zero-order valence-corrected chi connectivity index (χ0v) is 11.6. The Balaban J connectivity index is 2.48. The smallest absolute Gasteiger partial charge is 0.326 e. The Morgan fingerprint density at radius 3 is 2.78 bits per heavy atom. The number of aliphatic carboxylic acids is 1. The molecule has 1 rings (SSSR count). The Labute approximate surface area is 113 Å². The molecule has 0 unspecified atom stereocenters. The van der Waals surface area contributed by atoms with Gasteiger partial charge in [0.05, 0.1) is 0 Å². The Morgan fingerprint density at radius 1 is 1.56 bits per heavy atom. The molecule has 0 fully saturated rings. The lowest BCUT2D eigenvalue weighted by molar-refractivity contribution is -0.139. The SMILES string of the molecule is CSCC[C@@H](NC(=O)Nc1nc(C)ns1)C(=O)O. The highest BCUT2D eigenvalue weighted by molar-refractivity contribution is 7.98. The van der Waals surface area contributed by atoms with Crippen LogP contribution in [0, 0.1) is 6.92 Å². The third-order valence-electron chi connectivity index (χ3n) is 1.96. The number of aromatic nitrogens is 2. The van der Waals surface area contributed by atoms with Gasteiger partial charge in [0.25, 0.3) is 0 Å². The van der Waals surface area contributed by atoms with Crippen LogP contribution < -0.4 is 10.6 Å². The minimum Gasteiger partial charge on any atom is -0.480 e.